The first-order valence-corrected chi connectivity index (χ1v) is 12.0. The van der Waals surface area contributed by atoms with Crippen LogP contribution in [0.1, 0.15) is 29.5 Å². The summed E-state index contributed by atoms with van der Waals surface area (Å²) in [5.74, 6) is -0.983. The second-order valence-corrected chi connectivity index (χ2v) is 9.85. The molecule has 3 rings (SSSR count). The summed E-state index contributed by atoms with van der Waals surface area (Å²) in [6, 6.07) is 11.4. The topological polar surface area (TPSA) is 102 Å². The summed E-state index contributed by atoms with van der Waals surface area (Å²) in [5, 5.41) is 14.8. The molecule has 7 nitrogen and oxygen atoms in total. The molecule has 0 bridgehead atoms. The van der Waals surface area contributed by atoms with Crippen molar-refractivity contribution in [2.24, 2.45) is 5.92 Å². The summed E-state index contributed by atoms with van der Waals surface area (Å²) in [6.45, 7) is 4.94. The summed E-state index contributed by atoms with van der Waals surface area (Å²) in [5.41, 5.74) is 2.05. The lowest BCUT2D eigenvalue weighted by molar-refractivity contribution is -0.126. The molecular formula is C23H27FN4O3S. The zero-order valence-corrected chi connectivity index (χ0v) is 19.0. The lowest BCUT2D eigenvalue weighted by Gasteiger charge is -2.31. The van der Waals surface area contributed by atoms with Crippen LogP contribution in [0.2, 0.25) is 0 Å². The fourth-order valence-electron chi connectivity index (χ4n) is 3.90. The molecule has 9 heteroatoms. The minimum absolute atomic E-state index is 0.0591. The molecule has 32 heavy (non-hydrogen) atoms. The van der Waals surface area contributed by atoms with E-state index in [0.29, 0.717) is 49.6 Å². The molecule has 0 unspecified atom stereocenters. The van der Waals surface area contributed by atoms with Gasteiger partial charge in [0.2, 0.25) is 15.9 Å². The van der Waals surface area contributed by atoms with E-state index < -0.39 is 15.8 Å². The first kappa shape index (κ1) is 23.7. The SMILES string of the molecule is Cc1ccc(S(=O)(=O)N2CCC(C(=O)NCCNc3cccc(F)c3C#N)CC2)c(C)c1. The first-order valence-electron chi connectivity index (χ1n) is 10.5. The molecule has 0 atom stereocenters. The third kappa shape index (κ3) is 5.26. The van der Waals surface area contributed by atoms with Crippen LogP contribution in [0.4, 0.5) is 10.1 Å². The Hall–Kier alpha value is -2.96. The van der Waals surface area contributed by atoms with Crippen LogP contribution in [-0.4, -0.2) is 44.8 Å². The van der Waals surface area contributed by atoms with E-state index in [0.717, 1.165) is 11.1 Å². The largest absolute Gasteiger partial charge is 0.382 e. The van der Waals surface area contributed by atoms with Crippen molar-refractivity contribution in [2.75, 3.05) is 31.5 Å². The highest BCUT2D eigenvalue weighted by molar-refractivity contribution is 7.89. The number of piperidine rings is 1. The van der Waals surface area contributed by atoms with Gasteiger partial charge in [0, 0.05) is 32.1 Å². The van der Waals surface area contributed by atoms with Crippen LogP contribution >= 0.6 is 0 Å². The number of aryl methyl sites for hydroxylation is 2. The van der Waals surface area contributed by atoms with E-state index in [1.165, 1.54) is 16.4 Å². The molecule has 170 valence electrons. The Balaban J connectivity index is 1.48. The second kappa shape index (κ2) is 10.1. The zero-order chi connectivity index (χ0) is 23.3. The van der Waals surface area contributed by atoms with Gasteiger partial charge in [0.05, 0.1) is 10.6 Å². The van der Waals surface area contributed by atoms with E-state index in [1.54, 1.807) is 25.1 Å². The third-order valence-corrected chi connectivity index (χ3v) is 7.70. The smallest absolute Gasteiger partial charge is 0.243 e. The lowest BCUT2D eigenvalue weighted by atomic mass is 9.97. The number of halogens is 1. The Morgan fingerprint density at radius 2 is 1.91 bits per heavy atom. The number of benzene rings is 2. The highest BCUT2D eigenvalue weighted by Gasteiger charge is 2.32. The van der Waals surface area contributed by atoms with E-state index in [4.69, 9.17) is 5.26 Å². The number of amides is 1. The summed E-state index contributed by atoms with van der Waals surface area (Å²) < 4.78 is 41.0. The summed E-state index contributed by atoms with van der Waals surface area (Å²) >= 11 is 0. The van der Waals surface area contributed by atoms with Gasteiger partial charge in [0.25, 0.3) is 0 Å². The summed E-state index contributed by atoms with van der Waals surface area (Å²) in [6.07, 6.45) is 0.901. The Labute approximate surface area is 188 Å². The highest BCUT2D eigenvalue weighted by Crippen LogP contribution is 2.26. The summed E-state index contributed by atoms with van der Waals surface area (Å²) in [7, 11) is -3.59. The number of hydrogen-bond acceptors (Lipinski definition) is 5. The van der Waals surface area contributed by atoms with Crippen LogP contribution in [0.5, 0.6) is 0 Å². The van der Waals surface area contributed by atoms with Crippen molar-refractivity contribution in [3.8, 4) is 6.07 Å². The predicted octanol–water partition coefficient (Wildman–Crippen LogP) is 2.94. The van der Waals surface area contributed by atoms with Crippen molar-refractivity contribution in [3.05, 3.63) is 58.9 Å². The molecule has 1 aliphatic heterocycles. The van der Waals surface area contributed by atoms with E-state index in [1.807, 2.05) is 19.1 Å². The third-order valence-electron chi connectivity index (χ3n) is 5.64. The normalized spacial score (nSPS) is 15.2. The summed E-state index contributed by atoms with van der Waals surface area (Å²) in [4.78, 5) is 12.8. The molecule has 1 saturated heterocycles. The molecule has 2 N–H and O–H groups in total. The van der Waals surface area contributed by atoms with Crippen molar-refractivity contribution in [2.45, 2.75) is 31.6 Å². The van der Waals surface area contributed by atoms with Crippen LogP contribution in [0.3, 0.4) is 0 Å². The van der Waals surface area contributed by atoms with Crippen LogP contribution < -0.4 is 10.6 Å². The van der Waals surface area contributed by atoms with E-state index in [-0.39, 0.29) is 17.4 Å². The van der Waals surface area contributed by atoms with Crippen LogP contribution in [-0.2, 0) is 14.8 Å². The maximum absolute atomic E-state index is 13.6. The Bertz CT molecular complexity index is 1140. The first-order chi connectivity index (χ1) is 15.2. The number of carbonyl (C=O) groups is 1. The minimum Gasteiger partial charge on any atom is -0.382 e. The van der Waals surface area contributed by atoms with Gasteiger partial charge in [-0.1, -0.05) is 23.8 Å². The number of carbonyl (C=O) groups excluding carboxylic acids is 1. The lowest BCUT2D eigenvalue weighted by Crippen LogP contribution is -2.43. The van der Waals surface area contributed by atoms with Gasteiger partial charge < -0.3 is 10.6 Å². The molecule has 0 aliphatic carbocycles. The maximum Gasteiger partial charge on any atom is 0.243 e. The number of sulfonamides is 1. The molecule has 0 saturated carbocycles. The average Bonchev–Trinajstić information content (AvgIpc) is 2.76. The van der Waals surface area contributed by atoms with Gasteiger partial charge in [-0.15, -0.1) is 0 Å². The number of nitrogens with one attached hydrogen (secondary N) is 2. The van der Waals surface area contributed by atoms with Crippen molar-refractivity contribution in [1.82, 2.24) is 9.62 Å². The number of rotatable bonds is 7. The van der Waals surface area contributed by atoms with Crippen LogP contribution in [0.25, 0.3) is 0 Å². The van der Waals surface area contributed by atoms with Gasteiger partial charge in [-0.2, -0.15) is 9.57 Å². The van der Waals surface area contributed by atoms with Gasteiger partial charge in [-0.25, -0.2) is 12.8 Å². The molecule has 0 aromatic heterocycles. The molecule has 0 radical (unpaired) electrons. The highest BCUT2D eigenvalue weighted by atomic mass is 32.2. The van der Waals surface area contributed by atoms with E-state index >= 15 is 0 Å². The number of nitriles is 1. The minimum atomic E-state index is -3.59. The fourth-order valence-corrected chi connectivity index (χ4v) is 5.57. The van der Waals surface area contributed by atoms with Crippen molar-refractivity contribution < 1.29 is 17.6 Å². The number of nitrogens with zero attached hydrogens (tertiary/aromatic N) is 2. The molecule has 1 amide bonds. The van der Waals surface area contributed by atoms with E-state index in [9.17, 15) is 17.6 Å². The fraction of sp³-hybridized carbons (Fsp3) is 0.391. The molecule has 2 aromatic carbocycles. The average molecular weight is 459 g/mol. The van der Waals surface area contributed by atoms with E-state index in [2.05, 4.69) is 10.6 Å². The second-order valence-electron chi connectivity index (χ2n) is 7.94. The zero-order valence-electron chi connectivity index (χ0n) is 18.2. The van der Waals surface area contributed by atoms with Gasteiger partial charge in [-0.3, -0.25) is 4.79 Å². The Morgan fingerprint density at radius 3 is 2.56 bits per heavy atom. The molecule has 0 spiro atoms. The maximum atomic E-state index is 13.6. The molecular weight excluding hydrogens is 431 g/mol. The van der Waals surface area contributed by atoms with Crippen molar-refractivity contribution in [3.63, 3.8) is 0 Å². The van der Waals surface area contributed by atoms with Crippen molar-refractivity contribution >= 4 is 21.6 Å². The molecule has 1 aliphatic rings. The Kier molecular flexibility index (Phi) is 7.48. The van der Waals surface area contributed by atoms with Gasteiger partial charge in [0.15, 0.2) is 0 Å². The number of anilines is 1. The standard InChI is InChI=1S/C23H27FN4O3S/c1-16-6-7-22(17(2)14-16)32(30,31)28-12-8-18(9-13-28)23(29)27-11-10-26-21-5-3-4-20(24)19(21)15-25/h3-7,14,18,26H,8-13H2,1-2H3,(H,27,29). The van der Waals surface area contributed by atoms with Crippen LogP contribution in [0, 0.1) is 36.9 Å². The molecule has 2 aromatic rings. The van der Waals surface area contributed by atoms with Crippen LogP contribution in [0.15, 0.2) is 41.3 Å². The van der Waals surface area contributed by atoms with Gasteiger partial charge in [0.1, 0.15) is 17.4 Å². The molecule has 1 heterocycles. The van der Waals surface area contributed by atoms with Gasteiger partial charge in [-0.05, 0) is 50.5 Å². The van der Waals surface area contributed by atoms with Crippen molar-refractivity contribution in [1.29, 1.82) is 5.26 Å². The monoisotopic (exact) mass is 458 g/mol. The predicted molar refractivity (Wildman–Crippen MR) is 120 cm³/mol. The number of hydrogen-bond donors (Lipinski definition) is 2. The van der Waals surface area contributed by atoms with Gasteiger partial charge >= 0.3 is 0 Å². The molecule has 1 fully saturated rings. The quantitative estimate of drug-likeness (QED) is 0.621. The Morgan fingerprint density at radius 1 is 1.19 bits per heavy atom.